The summed E-state index contributed by atoms with van der Waals surface area (Å²) in [6, 6.07) is 16.4. The summed E-state index contributed by atoms with van der Waals surface area (Å²) in [5, 5.41) is 7.59. The second-order valence-corrected chi connectivity index (χ2v) is 6.27. The van der Waals surface area contributed by atoms with Crippen LogP contribution >= 0.6 is 0 Å². The lowest BCUT2D eigenvalue weighted by atomic mass is 10.1. The first-order valence-corrected chi connectivity index (χ1v) is 8.70. The smallest absolute Gasteiger partial charge is 0.261 e. The van der Waals surface area contributed by atoms with Gasteiger partial charge in [0.1, 0.15) is 17.0 Å². The van der Waals surface area contributed by atoms with Crippen LogP contribution in [0.2, 0.25) is 0 Å². The molecule has 2 heterocycles. The topological polar surface area (TPSA) is 89.0 Å². The molecule has 0 aliphatic heterocycles. The molecule has 0 bridgehead atoms. The summed E-state index contributed by atoms with van der Waals surface area (Å²) in [5.41, 5.74) is 2.17. The first-order valence-electron chi connectivity index (χ1n) is 8.70. The Bertz CT molecular complexity index is 1210. The highest BCUT2D eigenvalue weighted by atomic mass is 16.5. The number of carbonyl (C=O) groups excluding carboxylic acids is 1. The number of nitrogens with zero attached hydrogens (tertiary/aromatic N) is 2. The number of methoxy groups -OCH3 is 1. The van der Waals surface area contributed by atoms with Crippen LogP contribution in [0.15, 0.2) is 65.6 Å². The van der Waals surface area contributed by atoms with Crippen LogP contribution in [0.4, 0.5) is 5.69 Å². The number of ether oxygens (including phenoxy) is 1. The van der Waals surface area contributed by atoms with Gasteiger partial charge in [-0.2, -0.15) is 5.10 Å². The van der Waals surface area contributed by atoms with Crippen molar-refractivity contribution in [3.05, 3.63) is 82.3 Å². The van der Waals surface area contributed by atoms with Gasteiger partial charge in [0.05, 0.1) is 23.9 Å². The molecule has 0 aliphatic carbocycles. The normalized spacial score (nSPS) is 10.8. The number of anilines is 1. The molecule has 7 nitrogen and oxygen atoms in total. The second kappa shape index (κ2) is 7.03. The number of aromatic amines is 1. The van der Waals surface area contributed by atoms with Crippen LogP contribution in [0, 0.1) is 6.92 Å². The van der Waals surface area contributed by atoms with E-state index < -0.39 is 5.91 Å². The molecular weight excluding hydrogens is 356 g/mol. The molecule has 140 valence electrons. The SMILES string of the molecule is COc1ccc(NC(=O)c2c[nH]c3c(c(C)nn3-c3ccccc3)c2=O)cc1. The molecule has 4 rings (SSSR count). The lowest BCUT2D eigenvalue weighted by molar-refractivity contribution is 0.102. The minimum atomic E-state index is -0.486. The molecule has 0 saturated carbocycles. The van der Waals surface area contributed by atoms with Crippen LogP contribution in [-0.2, 0) is 0 Å². The van der Waals surface area contributed by atoms with Gasteiger partial charge in [-0.05, 0) is 43.3 Å². The maximum absolute atomic E-state index is 13.0. The van der Waals surface area contributed by atoms with Crippen molar-refractivity contribution in [2.75, 3.05) is 12.4 Å². The number of para-hydroxylation sites is 1. The maximum Gasteiger partial charge on any atom is 0.261 e. The van der Waals surface area contributed by atoms with Crippen molar-refractivity contribution in [2.45, 2.75) is 6.92 Å². The van der Waals surface area contributed by atoms with Crippen molar-refractivity contribution >= 4 is 22.6 Å². The highest BCUT2D eigenvalue weighted by molar-refractivity contribution is 6.05. The van der Waals surface area contributed by atoms with E-state index in [0.717, 1.165) is 5.69 Å². The monoisotopic (exact) mass is 374 g/mol. The lowest BCUT2D eigenvalue weighted by Crippen LogP contribution is -2.22. The van der Waals surface area contributed by atoms with Gasteiger partial charge in [-0.25, -0.2) is 4.68 Å². The number of carbonyl (C=O) groups is 1. The Hall–Kier alpha value is -3.87. The summed E-state index contributed by atoms with van der Waals surface area (Å²) in [6.45, 7) is 1.75. The van der Waals surface area contributed by atoms with Gasteiger partial charge in [0.2, 0.25) is 5.43 Å². The van der Waals surface area contributed by atoms with E-state index in [2.05, 4.69) is 15.4 Å². The van der Waals surface area contributed by atoms with Gasteiger partial charge in [0.15, 0.2) is 0 Å². The Balaban J connectivity index is 1.72. The largest absolute Gasteiger partial charge is 0.497 e. The first kappa shape index (κ1) is 17.5. The molecule has 0 fully saturated rings. The molecule has 2 N–H and O–H groups in total. The highest BCUT2D eigenvalue weighted by Gasteiger charge is 2.19. The fraction of sp³-hybridized carbons (Fsp3) is 0.0952. The van der Waals surface area contributed by atoms with E-state index in [-0.39, 0.29) is 11.0 Å². The van der Waals surface area contributed by atoms with Gasteiger partial charge in [-0.1, -0.05) is 18.2 Å². The predicted molar refractivity (Wildman–Crippen MR) is 107 cm³/mol. The van der Waals surface area contributed by atoms with E-state index >= 15 is 0 Å². The van der Waals surface area contributed by atoms with E-state index in [0.29, 0.717) is 28.2 Å². The van der Waals surface area contributed by atoms with Gasteiger partial charge >= 0.3 is 0 Å². The van der Waals surface area contributed by atoms with E-state index in [4.69, 9.17) is 4.74 Å². The third-order valence-corrected chi connectivity index (χ3v) is 4.48. The molecule has 2 aromatic heterocycles. The van der Waals surface area contributed by atoms with Gasteiger partial charge < -0.3 is 15.0 Å². The van der Waals surface area contributed by atoms with Gasteiger partial charge in [0.25, 0.3) is 5.91 Å². The van der Waals surface area contributed by atoms with Crippen LogP contribution in [0.25, 0.3) is 16.7 Å². The number of hydrogen-bond donors (Lipinski definition) is 2. The van der Waals surface area contributed by atoms with E-state index in [1.165, 1.54) is 6.20 Å². The number of rotatable bonds is 4. The minimum Gasteiger partial charge on any atom is -0.497 e. The molecule has 28 heavy (non-hydrogen) atoms. The zero-order chi connectivity index (χ0) is 19.7. The quantitative estimate of drug-likeness (QED) is 0.574. The predicted octanol–water partition coefficient (Wildman–Crippen LogP) is 3.28. The van der Waals surface area contributed by atoms with Gasteiger partial charge in [-0.3, -0.25) is 9.59 Å². The van der Waals surface area contributed by atoms with Crippen molar-refractivity contribution in [1.82, 2.24) is 14.8 Å². The summed E-state index contributed by atoms with van der Waals surface area (Å²) in [7, 11) is 1.57. The molecule has 0 saturated heterocycles. The van der Waals surface area contributed by atoms with Gasteiger partial charge in [0, 0.05) is 11.9 Å². The number of benzene rings is 2. The number of H-pyrrole nitrogens is 1. The Morgan fingerprint density at radius 3 is 2.50 bits per heavy atom. The summed E-state index contributed by atoms with van der Waals surface area (Å²) in [5.74, 6) is 0.196. The first-order chi connectivity index (χ1) is 13.6. The Morgan fingerprint density at radius 2 is 1.82 bits per heavy atom. The Kier molecular flexibility index (Phi) is 4.41. The molecular formula is C21H18N4O3. The van der Waals surface area contributed by atoms with Gasteiger partial charge in [-0.15, -0.1) is 0 Å². The van der Waals surface area contributed by atoms with Crippen LogP contribution in [0.5, 0.6) is 5.75 Å². The molecule has 0 radical (unpaired) electrons. The molecule has 7 heteroatoms. The Labute approximate surface area is 160 Å². The molecule has 0 spiro atoms. The maximum atomic E-state index is 13.0. The minimum absolute atomic E-state index is 0.0269. The second-order valence-electron chi connectivity index (χ2n) is 6.27. The molecule has 4 aromatic rings. The number of fused-ring (bicyclic) bond motifs is 1. The third kappa shape index (κ3) is 3.03. The number of aryl methyl sites for hydroxylation is 1. The highest BCUT2D eigenvalue weighted by Crippen LogP contribution is 2.19. The van der Waals surface area contributed by atoms with Crippen molar-refractivity contribution < 1.29 is 9.53 Å². The zero-order valence-corrected chi connectivity index (χ0v) is 15.4. The lowest BCUT2D eigenvalue weighted by Gasteiger charge is -2.07. The standard InChI is InChI=1S/C21H18N4O3/c1-13-18-19(26)17(21(27)23-14-8-10-16(28-2)11-9-14)12-22-20(18)25(24-13)15-6-4-3-5-7-15/h3-12H,1-2H3,(H,22,26)(H,23,27). The average Bonchev–Trinajstić information content (AvgIpc) is 3.07. The number of aromatic nitrogens is 3. The fourth-order valence-electron chi connectivity index (χ4n) is 3.07. The molecule has 2 aromatic carbocycles. The average molecular weight is 374 g/mol. The molecule has 0 atom stereocenters. The molecule has 0 aliphatic rings. The number of pyridine rings is 1. The Morgan fingerprint density at radius 1 is 1.11 bits per heavy atom. The number of nitrogens with one attached hydrogen (secondary N) is 2. The number of hydrogen-bond acceptors (Lipinski definition) is 4. The van der Waals surface area contributed by atoms with E-state index in [1.807, 2.05) is 30.3 Å². The van der Waals surface area contributed by atoms with Crippen LogP contribution in [0.1, 0.15) is 16.1 Å². The fourth-order valence-corrected chi connectivity index (χ4v) is 3.07. The van der Waals surface area contributed by atoms with Crippen molar-refractivity contribution in [1.29, 1.82) is 0 Å². The molecule has 1 amide bonds. The van der Waals surface area contributed by atoms with Crippen LogP contribution in [0.3, 0.4) is 0 Å². The van der Waals surface area contributed by atoms with E-state index in [9.17, 15) is 9.59 Å². The third-order valence-electron chi connectivity index (χ3n) is 4.48. The summed E-state index contributed by atoms with van der Waals surface area (Å²) in [6.07, 6.45) is 1.42. The van der Waals surface area contributed by atoms with Crippen molar-refractivity contribution in [3.8, 4) is 11.4 Å². The number of amides is 1. The van der Waals surface area contributed by atoms with Crippen LogP contribution in [-0.4, -0.2) is 27.8 Å². The summed E-state index contributed by atoms with van der Waals surface area (Å²) in [4.78, 5) is 28.7. The van der Waals surface area contributed by atoms with Crippen molar-refractivity contribution in [2.24, 2.45) is 0 Å². The summed E-state index contributed by atoms with van der Waals surface area (Å²) < 4.78 is 6.77. The van der Waals surface area contributed by atoms with E-state index in [1.54, 1.807) is 43.0 Å². The zero-order valence-electron chi connectivity index (χ0n) is 15.4. The van der Waals surface area contributed by atoms with Crippen molar-refractivity contribution in [3.63, 3.8) is 0 Å². The summed E-state index contributed by atoms with van der Waals surface area (Å²) >= 11 is 0. The molecule has 0 unspecified atom stereocenters. The van der Waals surface area contributed by atoms with Crippen LogP contribution < -0.4 is 15.5 Å².